The zero-order valence-electron chi connectivity index (χ0n) is 32.0. The Bertz CT molecular complexity index is 1420. The highest BCUT2D eigenvalue weighted by Crippen LogP contribution is 2.66. The zero-order valence-corrected chi connectivity index (χ0v) is 32.0. The lowest BCUT2D eigenvalue weighted by atomic mass is 9.44. The van der Waals surface area contributed by atoms with Gasteiger partial charge in [-0.2, -0.15) is 0 Å². The van der Waals surface area contributed by atoms with Gasteiger partial charge >= 0.3 is 23.9 Å². The Morgan fingerprint density at radius 2 is 1.33 bits per heavy atom. The van der Waals surface area contributed by atoms with Crippen LogP contribution in [0.4, 0.5) is 0 Å². The second kappa shape index (κ2) is 12.2. The minimum Gasteiger partial charge on any atom is -0.459 e. The predicted molar refractivity (Wildman–Crippen MR) is 186 cm³/mol. The first-order valence-electron chi connectivity index (χ1n) is 19.9. The fourth-order valence-electron chi connectivity index (χ4n) is 12.9. The number of carbonyl (C=O) groups excluding carboxylic acids is 4. The van der Waals surface area contributed by atoms with Crippen LogP contribution < -0.4 is 0 Å². The van der Waals surface area contributed by atoms with Gasteiger partial charge in [-0.3, -0.25) is 19.2 Å². The lowest BCUT2D eigenvalue weighted by molar-refractivity contribution is -0.234. The van der Waals surface area contributed by atoms with Crippen LogP contribution in [0.5, 0.6) is 0 Å². The molecule has 8 saturated carbocycles. The molecule has 286 valence electrons. The number of hydrogen-bond acceptors (Lipinski definition) is 10. The molecule has 1 saturated heterocycles. The first kappa shape index (κ1) is 37.1. The van der Waals surface area contributed by atoms with E-state index in [-0.39, 0.29) is 30.6 Å². The summed E-state index contributed by atoms with van der Waals surface area (Å²) in [4.78, 5) is 54.3. The summed E-state index contributed by atoms with van der Waals surface area (Å²) >= 11 is 0. The Hall–Kier alpha value is -2.20. The Labute approximate surface area is 303 Å². The summed E-state index contributed by atoms with van der Waals surface area (Å²) in [7, 11) is 0. The van der Waals surface area contributed by atoms with Crippen molar-refractivity contribution in [3.63, 3.8) is 0 Å². The van der Waals surface area contributed by atoms with Crippen LogP contribution in [0.15, 0.2) is 0 Å². The number of cyclic esters (lactones) is 1. The molecular formula is C41H62O10. The van der Waals surface area contributed by atoms with Crippen molar-refractivity contribution >= 4 is 23.9 Å². The Morgan fingerprint density at radius 1 is 0.784 bits per heavy atom. The van der Waals surface area contributed by atoms with E-state index >= 15 is 0 Å². The second-order valence-electron chi connectivity index (χ2n) is 20.2. The third-order valence-corrected chi connectivity index (χ3v) is 15.2. The van der Waals surface area contributed by atoms with Gasteiger partial charge < -0.3 is 29.2 Å². The van der Waals surface area contributed by atoms with E-state index in [4.69, 9.17) is 18.9 Å². The maximum absolute atomic E-state index is 14.4. The van der Waals surface area contributed by atoms with Crippen LogP contribution >= 0.6 is 0 Å². The number of carbonyl (C=O) groups is 4. The van der Waals surface area contributed by atoms with Crippen molar-refractivity contribution in [3.05, 3.63) is 0 Å². The molecule has 8 unspecified atom stereocenters. The molecule has 9 fully saturated rings. The first-order chi connectivity index (χ1) is 23.6. The number of esters is 4. The van der Waals surface area contributed by atoms with Gasteiger partial charge in [-0.1, -0.05) is 13.8 Å². The molecule has 8 bridgehead atoms. The molecule has 0 aromatic heterocycles. The van der Waals surface area contributed by atoms with Gasteiger partial charge in [-0.15, -0.1) is 0 Å². The number of hydrogen-bond donors (Lipinski definition) is 2. The third kappa shape index (κ3) is 6.65. The van der Waals surface area contributed by atoms with Gasteiger partial charge in [0.2, 0.25) is 0 Å². The Morgan fingerprint density at radius 3 is 1.82 bits per heavy atom. The van der Waals surface area contributed by atoms with Crippen LogP contribution in [0.2, 0.25) is 0 Å². The minimum absolute atomic E-state index is 0.0579. The van der Waals surface area contributed by atoms with E-state index in [2.05, 4.69) is 0 Å². The highest BCUT2D eigenvalue weighted by molar-refractivity contribution is 5.80. The fraction of sp³-hybridized carbons (Fsp3) is 0.902. The molecule has 0 amide bonds. The SMILES string of the molecule is CCC(CC(CC(C)C(=O)OC1(C)CC(=O)OC1(C)C)C(=O)OC12CC3CC(CC(O)(C3)C1)C2)C(=O)OC(C)(C)C12CC3CC(CC(O)(C3)C1)C2. The lowest BCUT2D eigenvalue weighted by Gasteiger charge is -2.64. The van der Waals surface area contributed by atoms with Crippen molar-refractivity contribution in [2.45, 2.75) is 185 Å². The molecule has 10 heteroatoms. The molecule has 51 heavy (non-hydrogen) atoms. The van der Waals surface area contributed by atoms with Crippen molar-refractivity contribution in [1.29, 1.82) is 0 Å². The average Bonchev–Trinajstić information content (AvgIpc) is 3.16. The van der Waals surface area contributed by atoms with E-state index in [9.17, 15) is 29.4 Å². The number of ether oxygens (including phenoxy) is 4. The van der Waals surface area contributed by atoms with Crippen LogP contribution in [0.25, 0.3) is 0 Å². The van der Waals surface area contributed by atoms with Crippen LogP contribution in [-0.4, -0.2) is 67.7 Å². The van der Waals surface area contributed by atoms with E-state index in [1.165, 1.54) is 0 Å². The van der Waals surface area contributed by atoms with Gasteiger partial charge in [0.25, 0.3) is 0 Å². The third-order valence-electron chi connectivity index (χ3n) is 15.2. The topological polar surface area (TPSA) is 146 Å². The zero-order chi connectivity index (χ0) is 37.0. The van der Waals surface area contributed by atoms with E-state index in [0.717, 1.165) is 64.2 Å². The maximum Gasteiger partial charge on any atom is 0.310 e. The molecule has 10 nitrogen and oxygen atoms in total. The summed E-state index contributed by atoms with van der Waals surface area (Å²) in [5.41, 5.74) is -5.49. The summed E-state index contributed by atoms with van der Waals surface area (Å²) in [5.74, 6) is -2.39. The quantitative estimate of drug-likeness (QED) is 0.173. The molecular weight excluding hydrogens is 652 g/mol. The molecule has 0 aromatic rings. The average molecular weight is 715 g/mol. The fourth-order valence-corrected chi connectivity index (χ4v) is 12.9. The smallest absolute Gasteiger partial charge is 0.310 e. The number of rotatable bonds is 12. The van der Waals surface area contributed by atoms with E-state index in [1.807, 2.05) is 20.8 Å². The molecule has 0 spiro atoms. The van der Waals surface area contributed by atoms with Crippen molar-refractivity contribution in [2.24, 2.45) is 46.8 Å². The first-order valence-corrected chi connectivity index (χ1v) is 19.9. The molecule has 0 radical (unpaired) electrons. The van der Waals surface area contributed by atoms with Crippen molar-refractivity contribution in [3.8, 4) is 0 Å². The van der Waals surface area contributed by atoms with Gasteiger partial charge in [0.1, 0.15) is 16.8 Å². The minimum atomic E-state index is -1.16. The number of aliphatic hydroxyl groups is 2. The standard InChI is InChI=1S/C41H62O10/c1-8-29(33(44)49-36(5,6)38-13-25-10-26(14-38)16-39(46,15-25)22-38)12-30(9-24(2)32(43)50-37(7)21-31(42)48-35(37,3)4)34(45)51-41-19-27-11-28(20-41)18-40(47,17-27)23-41/h24-30,46-47H,8-23H2,1-7H3. The van der Waals surface area contributed by atoms with Gasteiger partial charge in [0, 0.05) is 11.8 Å². The normalized spacial score (nSPS) is 43.4. The van der Waals surface area contributed by atoms with Crippen molar-refractivity contribution < 1.29 is 48.3 Å². The van der Waals surface area contributed by atoms with Gasteiger partial charge in [-0.05, 0) is 148 Å². The summed E-state index contributed by atoms with van der Waals surface area (Å²) < 4.78 is 24.3. The second-order valence-corrected chi connectivity index (χ2v) is 20.2. The van der Waals surface area contributed by atoms with Crippen LogP contribution in [0.3, 0.4) is 0 Å². The van der Waals surface area contributed by atoms with Crippen LogP contribution in [0.1, 0.15) is 151 Å². The molecule has 0 aromatic carbocycles. The van der Waals surface area contributed by atoms with Crippen LogP contribution in [-0.2, 0) is 38.1 Å². The summed E-state index contributed by atoms with van der Waals surface area (Å²) in [6.07, 6.45) is 10.4. The van der Waals surface area contributed by atoms with E-state index in [1.54, 1.807) is 27.7 Å². The molecule has 1 aliphatic heterocycles. The van der Waals surface area contributed by atoms with E-state index < -0.39 is 69.3 Å². The monoisotopic (exact) mass is 714 g/mol. The molecule has 2 N–H and O–H groups in total. The summed E-state index contributed by atoms with van der Waals surface area (Å²) in [6, 6.07) is 0. The summed E-state index contributed by atoms with van der Waals surface area (Å²) in [6.45, 7) is 12.8. The highest BCUT2D eigenvalue weighted by Gasteiger charge is 2.64. The maximum atomic E-state index is 14.4. The molecule has 9 rings (SSSR count). The van der Waals surface area contributed by atoms with E-state index in [0.29, 0.717) is 42.9 Å². The van der Waals surface area contributed by atoms with Crippen molar-refractivity contribution in [1.82, 2.24) is 0 Å². The molecule has 8 aliphatic carbocycles. The molecule has 1 heterocycles. The highest BCUT2D eigenvalue weighted by atomic mass is 16.6. The summed E-state index contributed by atoms with van der Waals surface area (Å²) in [5, 5.41) is 22.8. The largest absolute Gasteiger partial charge is 0.459 e. The van der Waals surface area contributed by atoms with Crippen molar-refractivity contribution in [2.75, 3.05) is 0 Å². The molecule has 9 aliphatic rings. The Kier molecular flexibility index (Phi) is 8.85. The van der Waals surface area contributed by atoms with Crippen LogP contribution in [0, 0.1) is 46.8 Å². The van der Waals surface area contributed by atoms with Gasteiger partial charge in [0.05, 0.1) is 35.4 Å². The Balaban J connectivity index is 1.09. The van der Waals surface area contributed by atoms with Gasteiger partial charge in [0.15, 0.2) is 5.60 Å². The molecule has 8 atom stereocenters. The lowest BCUT2D eigenvalue weighted by Crippen LogP contribution is -2.63. The van der Waals surface area contributed by atoms with Gasteiger partial charge in [-0.25, -0.2) is 0 Å². The predicted octanol–water partition coefficient (Wildman–Crippen LogP) is 6.35.